The Kier molecular flexibility index (Phi) is 2.01. The molecule has 15 heavy (non-hydrogen) atoms. The first-order valence-electron chi connectivity index (χ1n) is 3.64. The van der Waals surface area contributed by atoms with Gasteiger partial charge in [-0.1, -0.05) is 4.49 Å². The number of benzene rings is 1. The topological polar surface area (TPSA) is 112 Å². The fourth-order valence-electron chi connectivity index (χ4n) is 1.10. The molecule has 0 spiro atoms. The molecule has 76 valence electrons. The van der Waals surface area contributed by atoms with E-state index in [1.54, 1.807) is 0 Å². The SMILES string of the molecule is O=[N+]([O-])c1cc2nnsc2cc1[N+](=O)[O-]. The summed E-state index contributed by atoms with van der Waals surface area (Å²) in [6.07, 6.45) is 0. The zero-order valence-electron chi connectivity index (χ0n) is 6.98. The van der Waals surface area contributed by atoms with Crippen molar-refractivity contribution in [3.63, 3.8) is 0 Å². The van der Waals surface area contributed by atoms with Crippen molar-refractivity contribution in [3.05, 3.63) is 32.4 Å². The second kappa shape index (κ2) is 3.20. The number of hydrogen-bond acceptors (Lipinski definition) is 7. The van der Waals surface area contributed by atoms with Crippen molar-refractivity contribution in [2.75, 3.05) is 0 Å². The highest BCUT2D eigenvalue weighted by molar-refractivity contribution is 7.12. The lowest BCUT2D eigenvalue weighted by Crippen LogP contribution is -1.96. The maximum Gasteiger partial charge on any atom is 0.348 e. The molecule has 9 heteroatoms. The van der Waals surface area contributed by atoms with E-state index in [2.05, 4.69) is 9.59 Å². The van der Waals surface area contributed by atoms with Crippen molar-refractivity contribution in [2.45, 2.75) is 0 Å². The van der Waals surface area contributed by atoms with Crippen LogP contribution in [0.3, 0.4) is 0 Å². The Balaban J connectivity index is 2.79. The van der Waals surface area contributed by atoms with Gasteiger partial charge in [0.25, 0.3) is 0 Å². The van der Waals surface area contributed by atoms with Crippen LogP contribution < -0.4 is 0 Å². The molecule has 2 rings (SSSR count). The molecule has 0 atom stereocenters. The highest BCUT2D eigenvalue weighted by Gasteiger charge is 2.25. The zero-order valence-corrected chi connectivity index (χ0v) is 7.80. The number of nitro groups is 2. The Morgan fingerprint density at radius 3 is 2.33 bits per heavy atom. The maximum absolute atomic E-state index is 10.6. The zero-order chi connectivity index (χ0) is 11.0. The van der Waals surface area contributed by atoms with Crippen LogP contribution in [0.25, 0.3) is 10.2 Å². The molecule has 0 aliphatic rings. The van der Waals surface area contributed by atoms with E-state index >= 15 is 0 Å². The monoisotopic (exact) mass is 226 g/mol. The van der Waals surface area contributed by atoms with E-state index in [1.807, 2.05) is 0 Å². The average Bonchev–Trinajstić information content (AvgIpc) is 2.61. The number of fused-ring (bicyclic) bond motifs is 1. The molecule has 0 bridgehead atoms. The molecule has 0 N–H and O–H groups in total. The van der Waals surface area contributed by atoms with E-state index < -0.39 is 21.2 Å². The summed E-state index contributed by atoms with van der Waals surface area (Å²) in [4.78, 5) is 19.5. The van der Waals surface area contributed by atoms with Crippen LogP contribution in [0.4, 0.5) is 11.4 Å². The Hall–Kier alpha value is -2.16. The highest BCUT2D eigenvalue weighted by Crippen LogP contribution is 2.31. The number of nitro benzene ring substituents is 2. The first-order chi connectivity index (χ1) is 7.09. The summed E-state index contributed by atoms with van der Waals surface area (Å²) < 4.78 is 4.00. The van der Waals surface area contributed by atoms with Gasteiger partial charge in [0.05, 0.1) is 20.6 Å². The van der Waals surface area contributed by atoms with Gasteiger partial charge in [-0.05, 0) is 11.5 Å². The van der Waals surface area contributed by atoms with Gasteiger partial charge < -0.3 is 0 Å². The van der Waals surface area contributed by atoms with Crippen molar-refractivity contribution >= 4 is 33.1 Å². The number of aromatic nitrogens is 2. The number of rotatable bonds is 2. The van der Waals surface area contributed by atoms with Gasteiger partial charge in [-0.15, -0.1) is 5.10 Å². The van der Waals surface area contributed by atoms with Crippen molar-refractivity contribution in [1.29, 1.82) is 0 Å². The normalized spacial score (nSPS) is 10.4. The molecular formula is C6H2N4O4S. The second-order valence-electron chi connectivity index (χ2n) is 2.60. The van der Waals surface area contributed by atoms with E-state index in [4.69, 9.17) is 0 Å². The van der Waals surface area contributed by atoms with Gasteiger partial charge in [0, 0.05) is 6.07 Å². The second-order valence-corrected chi connectivity index (χ2v) is 3.38. The number of nitrogens with zero attached hydrogens (tertiary/aromatic N) is 4. The molecule has 0 unspecified atom stereocenters. The van der Waals surface area contributed by atoms with Crippen LogP contribution in [0.15, 0.2) is 12.1 Å². The molecule has 1 aromatic carbocycles. The van der Waals surface area contributed by atoms with Crippen molar-refractivity contribution < 1.29 is 9.85 Å². The van der Waals surface area contributed by atoms with Gasteiger partial charge in [-0.2, -0.15) is 0 Å². The molecular weight excluding hydrogens is 224 g/mol. The molecule has 1 aromatic heterocycles. The van der Waals surface area contributed by atoms with Crippen molar-refractivity contribution in [2.24, 2.45) is 0 Å². The van der Waals surface area contributed by atoms with Crippen LogP contribution in [0.2, 0.25) is 0 Å². The molecule has 0 radical (unpaired) electrons. The smallest absolute Gasteiger partial charge is 0.258 e. The summed E-state index contributed by atoms with van der Waals surface area (Å²) in [7, 11) is 0. The van der Waals surface area contributed by atoms with Crippen LogP contribution in [-0.4, -0.2) is 19.4 Å². The van der Waals surface area contributed by atoms with E-state index in [0.717, 1.165) is 23.7 Å². The first-order valence-corrected chi connectivity index (χ1v) is 4.42. The molecule has 0 aliphatic heterocycles. The lowest BCUT2D eigenvalue weighted by molar-refractivity contribution is -0.422. The quantitative estimate of drug-likeness (QED) is 0.566. The van der Waals surface area contributed by atoms with E-state index in [0.29, 0.717) is 4.70 Å². The minimum absolute atomic E-state index is 0.289. The van der Waals surface area contributed by atoms with E-state index in [9.17, 15) is 20.2 Å². The standard InChI is InChI=1S/C6H2N4O4S/c11-9(12)4-1-3-6(15-8-7-3)2-5(4)10(13)14/h1-2H. The minimum atomic E-state index is -0.809. The first kappa shape index (κ1) is 9.40. The minimum Gasteiger partial charge on any atom is -0.258 e. The maximum atomic E-state index is 10.6. The van der Waals surface area contributed by atoms with Crippen LogP contribution in [0, 0.1) is 20.2 Å². The summed E-state index contributed by atoms with van der Waals surface area (Å²) in [6.45, 7) is 0. The Morgan fingerprint density at radius 2 is 1.73 bits per heavy atom. The van der Waals surface area contributed by atoms with Crippen LogP contribution in [0.1, 0.15) is 0 Å². The summed E-state index contributed by atoms with van der Waals surface area (Å²) >= 11 is 0.951. The summed E-state index contributed by atoms with van der Waals surface area (Å²) in [5.74, 6) is 0. The number of hydrogen-bond donors (Lipinski definition) is 0. The largest absolute Gasteiger partial charge is 0.348 e. The Labute approximate surface area is 85.6 Å². The Morgan fingerprint density at radius 1 is 1.13 bits per heavy atom. The molecule has 0 fully saturated rings. The summed E-state index contributed by atoms with van der Waals surface area (Å²) in [5.41, 5.74) is -0.823. The predicted molar refractivity (Wildman–Crippen MR) is 50.7 cm³/mol. The van der Waals surface area contributed by atoms with Crippen molar-refractivity contribution in [1.82, 2.24) is 9.59 Å². The third-order valence-corrected chi connectivity index (χ3v) is 2.42. The molecule has 0 aliphatic carbocycles. The molecule has 2 aromatic rings. The van der Waals surface area contributed by atoms with E-state index in [1.165, 1.54) is 0 Å². The third kappa shape index (κ3) is 1.48. The van der Waals surface area contributed by atoms with Gasteiger partial charge in [0.2, 0.25) is 0 Å². The lowest BCUT2D eigenvalue weighted by Gasteiger charge is -1.93. The van der Waals surface area contributed by atoms with Gasteiger partial charge in [0.15, 0.2) is 0 Å². The molecule has 0 amide bonds. The van der Waals surface area contributed by atoms with Gasteiger partial charge in [-0.3, -0.25) is 20.2 Å². The average molecular weight is 226 g/mol. The van der Waals surface area contributed by atoms with Gasteiger partial charge in [-0.25, -0.2) is 0 Å². The third-order valence-electron chi connectivity index (χ3n) is 1.74. The van der Waals surface area contributed by atoms with Crippen LogP contribution >= 0.6 is 11.5 Å². The fraction of sp³-hybridized carbons (Fsp3) is 0. The highest BCUT2D eigenvalue weighted by atomic mass is 32.1. The van der Waals surface area contributed by atoms with Crippen LogP contribution in [0.5, 0.6) is 0 Å². The molecule has 0 saturated carbocycles. The molecule has 0 saturated heterocycles. The van der Waals surface area contributed by atoms with Crippen LogP contribution in [-0.2, 0) is 0 Å². The molecule has 1 heterocycles. The van der Waals surface area contributed by atoms with Crippen molar-refractivity contribution in [3.8, 4) is 0 Å². The summed E-state index contributed by atoms with van der Waals surface area (Å²) in [6, 6.07) is 2.16. The van der Waals surface area contributed by atoms with Gasteiger partial charge in [0.1, 0.15) is 5.52 Å². The fourth-order valence-corrected chi connectivity index (χ4v) is 1.67. The van der Waals surface area contributed by atoms with E-state index in [-0.39, 0.29) is 5.52 Å². The molecule has 8 nitrogen and oxygen atoms in total. The summed E-state index contributed by atoms with van der Waals surface area (Å²) in [5, 5.41) is 24.7. The van der Waals surface area contributed by atoms with Gasteiger partial charge >= 0.3 is 11.4 Å². The lowest BCUT2D eigenvalue weighted by atomic mass is 10.2. The predicted octanol–water partition coefficient (Wildman–Crippen LogP) is 1.51. The Bertz CT molecular complexity index is 517.